The highest BCUT2D eigenvalue weighted by atomic mass is 16.4. The molecule has 1 fully saturated rings. The van der Waals surface area contributed by atoms with E-state index >= 15 is 0 Å². The minimum absolute atomic E-state index is 0.701. The van der Waals surface area contributed by atoms with Crippen molar-refractivity contribution in [1.82, 2.24) is 15.5 Å². The van der Waals surface area contributed by atoms with Crippen LogP contribution in [0.4, 0.5) is 0 Å². The van der Waals surface area contributed by atoms with E-state index < -0.39 is 0 Å². The van der Waals surface area contributed by atoms with E-state index in [1.807, 2.05) is 0 Å². The van der Waals surface area contributed by atoms with Crippen LogP contribution < -0.4 is 5.32 Å². The van der Waals surface area contributed by atoms with E-state index in [1.54, 1.807) is 0 Å². The van der Waals surface area contributed by atoms with Crippen molar-refractivity contribution in [3.05, 3.63) is 47.2 Å². The van der Waals surface area contributed by atoms with Crippen LogP contribution in [0.25, 0.3) is 0 Å². The normalized spacial score (nSPS) is 14.8. The van der Waals surface area contributed by atoms with Gasteiger partial charge in [-0.15, -0.1) is 10.2 Å². The predicted octanol–water partition coefficient (Wildman–Crippen LogP) is 2.26. The molecule has 1 saturated carbocycles. The Bertz CT molecular complexity index is 546. The van der Waals surface area contributed by atoms with Crippen LogP contribution in [0.2, 0.25) is 0 Å². The Kier molecular flexibility index (Phi) is 3.60. The highest BCUT2D eigenvalue weighted by molar-refractivity contribution is 5.24. The van der Waals surface area contributed by atoms with Crippen LogP contribution in [-0.4, -0.2) is 22.8 Å². The smallest absolute Gasteiger partial charge is 0.220 e. The molecule has 2 aromatic rings. The molecule has 0 radical (unpaired) electrons. The summed E-state index contributed by atoms with van der Waals surface area (Å²) in [4.78, 5) is 0. The second-order valence-corrected chi connectivity index (χ2v) is 5.23. The molecule has 19 heavy (non-hydrogen) atoms. The second-order valence-electron chi connectivity index (χ2n) is 5.23. The molecule has 100 valence electrons. The van der Waals surface area contributed by atoms with Crippen molar-refractivity contribution in [2.24, 2.45) is 0 Å². The van der Waals surface area contributed by atoms with E-state index in [0.717, 1.165) is 24.9 Å². The molecule has 0 bridgehead atoms. The molecular weight excluding hydrogens is 238 g/mol. The highest BCUT2D eigenvalue weighted by Gasteiger charge is 2.20. The molecule has 0 spiro atoms. The molecule has 3 rings (SSSR count). The van der Waals surface area contributed by atoms with E-state index in [9.17, 15) is 0 Å². The molecule has 1 aliphatic carbocycles. The van der Waals surface area contributed by atoms with Crippen molar-refractivity contribution < 1.29 is 4.42 Å². The zero-order valence-corrected chi connectivity index (χ0v) is 11.2. The third-order valence-corrected chi connectivity index (χ3v) is 3.30. The molecule has 1 aromatic carbocycles. The number of nitrogens with one attached hydrogen (secondary N) is 1. The molecule has 1 N–H and O–H groups in total. The third kappa shape index (κ3) is 3.64. The number of aryl methyl sites for hydroxylation is 1. The maximum Gasteiger partial charge on any atom is 0.220 e. The summed E-state index contributed by atoms with van der Waals surface area (Å²) in [6, 6.07) is 9.12. The van der Waals surface area contributed by atoms with Crippen molar-refractivity contribution in [1.29, 1.82) is 0 Å². The third-order valence-electron chi connectivity index (χ3n) is 3.30. The first kappa shape index (κ1) is 12.4. The fourth-order valence-electron chi connectivity index (χ4n) is 2.13. The molecule has 0 unspecified atom stereocenters. The summed E-state index contributed by atoms with van der Waals surface area (Å²) in [7, 11) is 0. The SMILES string of the molecule is Cc1cccc(Cc2nnc(CCNC3CC3)o2)c1. The number of rotatable bonds is 6. The average molecular weight is 257 g/mol. The summed E-state index contributed by atoms with van der Waals surface area (Å²) < 4.78 is 5.67. The van der Waals surface area contributed by atoms with Crippen LogP contribution in [0, 0.1) is 6.92 Å². The van der Waals surface area contributed by atoms with Gasteiger partial charge in [-0.3, -0.25) is 0 Å². The van der Waals surface area contributed by atoms with E-state index in [4.69, 9.17) is 4.42 Å². The summed E-state index contributed by atoms with van der Waals surface area (Å²) in [6.07, 6.45) is 4.15. The Balaban J connectivity index is 1.54. The lowest BCUT2D eigenvalue weighted by atomic mass is 10.1. The quantitative estimate of drug-likeness (QED) is 0.862. The van der Waals surface area contributed by atoms with Crippen LogP contribution in [0.15, 0.2) is 28.7 Å². The van der Waals surface area contributed by atoms with Gasteiger partial charge in [0.2, 0.25) is 11.8 Å². The average Bonchev–Trinajstić information content (AvgIpc) is 3.10. The first-order chi connectivity index (χ1) is 9.29. The monoisotopic (exact) mass is 257 g/mol. The Hall–Kier alpha value is -1.68. The van der Waals surface area contributed by atoms with Crippen LogP contribution in [0.5, 0.6) is 0 Å². The number of benzene rings is 1. The van der Waals surface area contributed by atoms with Gasteiger partial charge in [0.25, 0.3) is 0 Å². The van der Waals surface area contributed by atoms with E-state index in [0.29, 0.717) is 12.3 Å². The zero-order valence-electron chi connectivity index (χ0n) is 11.2. The number of nitrogens with zero attached hydrogens (tertiary/aromatic N) is 2. The minimum atomic E-state index is 0.701. The molecule has 1 heterocycles. The lowest BCUT2D eigenvalue weighted by Gasteiger charge is -1.99. The Morgan fingerprint density at radius 3 is 2.89 bits per heavy atom. The van der Waals surface area contributed by atoms with Crippen LogP contribution in [-0.2, 0) is 12.8 Å². The summed E-state index contributed by atoms with van der Waals surface area (Å²) >= 11 is 0. The number of hydrogen-bond donors (Lipinski definition) is 1. The van der Waals surface area contributed by atoms with Gasteiger partial charge in [0, 0.05) is 19.0 Å². The maximum atomic E-state index is 5.67. The van der Waals surface area contributed by atoms with Crippen LogP contribution in [0.3, 0.4) is 0 Å². The fraction of sp³-hybridized carbons (Fsp3) is 0.467. The molecule has 0 amide bonds. The summed E-state index contributed by atoms with van der Waals surface area (Å²) in [6.45, 7) is 3.02. The largest absolute Gasteiger partial charge is 0.425 e. The van der Waals surface area contributed by atoms with Crippen LogP contribution >= 0.6 is 0 Å². The lowest BCUT2D eigenvalue weighted by molar-refractivity contribution is 0.451. The molecule has 4 nitrogen and oxygen atoms in total. The number of aromatic nitrogens is 2. The Morgan fingerprint density at radius 2 is 2.11 bits per heavy atom. The van der Waals surface area contributed by atoms with Crippen molar-refractivity contribution in [3.63, 3.8) is 0 Å². The van der Waals surface area contributed by atoms with Gasteiger partial charge in [0.1, 0.15) is 0 Å². The van der Waals surface area contributed by atoms with E-state index in [-0.39, 0.29) is 0 Å². The summed E-state index contributed by atoms with van der Waals surface area (Å²) in [5.74, 6) is 1.43. The minimum Gasteiger partial charge on any atom is -0.425 e. The Labute approximate surface area is 113 Å². The fourth-order valence-corrected chi connectivity index (χ4v) is 2.13. The molecule has 0 atom stereocenters. The van der Waals surface area contributed by atoms with Gasteiger partial charge < -0.3 is 9.73 Å². The van der Waals surface area contributed by atoms with Gasteiger partial charge in [-0.2, -0.15) is 0 Å². The maximum absolute atomic E-state index is 5.67. The Morgan fingerprint density at radius 1 is 1.26 bits per heavy atom. The van der Waals surface area contributed by atoms with Gasteiger partial charge in [-0.25, -0.2) is 0 Å². The van der Waals surface area contributed by atoms with Crippen LogP contribution in [0.1, 0.15) is 35.7 Å². The molecule has 0 aliphatic heterocycles. The standard InChI is InChI=1S/C15H19N3O/c1-11-3-2-4-12(9-11)10-15-18-17-14(19-15)7-8-16-13-5-6-13/h2-4,9,13,16H,5-8,10H2,1H3. The van der Waals surface area contributed by atoms with E-state index in [2.05, 4.69) is 46.7 Å². The van der Waals surface area contributed by atoms with Gasteiger partial charge in [0.15, 0.2) is 0 Å². The molecule has 1 aromatic heterocycles. The van der Waals surface area contributed by atoms with Crippen molar-refractivity contribution in [3.8, 4) is 0 Å². The zero-order chi connectivity index (χ0) is 13.1. The highest BCUT2D eigenvalue weighted by Crippen LogP contribution is 2.18. The van der Waals surface area contributed by atoms with Gasteiger partial charge in [-0.05, 0) is 25.3 Å². The first-order valence-electron chi connectivity index (χ1n) is 6.90. The van der Waals surface area contributed by atoms with Crippen molar-refractivity contribution in [2.45, 2.75) is 38.6 Å². The summed E-state index contributed by atoms with van der Waals surface area (Å²) in [5.41, 5.74) is 2.47. The second kappa shape index (κ2) is 5.53. The molecular formula is C15H19N3O. The summed E-state index contributed by atoms with van der Waals surface area (Å²) in [5, 5.41) is 11.6. The van der Waals surface area contributed by atoms with E-state index in [1.165, 1.54) is 24.0 Å². The molecule has 1 aliphatic rings. The van der Waals surface area contributed by atoms with Gasteiger partial charge in [0.05, 0.1) is 6.42 Å². The van der Waals surface area contributed by atoms with Crippen molar-refractivity contribution in [2.75, 3.05) is 6.54 Å². The topological polar surface area (TPSA) is 51.0 Å². The van der Waals surface area contributed by atoms with Gasteiger partial charge in [-0.1, -0.05) is 29.8 Å². The van der Waals surface area contributed by atoms with Gasteiger partial charge >= 0.3 is 0 Å². The van der Waals surface area contributed by atoms with Crippen molar-refractivity contribution >= 4 is 0 Å². The first-order valence-corrected chi connectivity index (χ1v) is 6.90. The lowest BCUT2D eigenvalue weighted by Crippen LogP contribution is -2.19. The number of hydrogen-bond acceptors (Lipinski definition) is 4. The predicted molar refractivity (Wildman–Crippen MR) is 73.0 cm³/mol. The molecule has 4 heteroatoms. The molecule has 0 saturated heterocycles.